The molecule has 0 radical (unpaired) electrons. The number of nitrogens with two attached hydrogens (primary N) is 1. The molecule has 0 aliphatic carbocycles. The van der Waals surface area contributed by atoms with E-state index in [1.165, 1.54) is 6.21 Å². The van der Waals surface area contributed by atoms with Crippen molar-refractivity contribution in [1.82, 2.24) is 0 Å². The van der Waals surface area contributed by atoms with Gasteiger partial charge in [0.15, 0.2) is 0 Å². The monoisotopic (exact) mass is 248 g/mol. The fourth-order valence-electron chi connectivity index (χ4n) is 1.00. The van der Waals surface area contributed by atoms with Crippen LogP contribution in [0.5, 0.6) is 0 Å². The van der Waals surface area contributed by atoms with Crippen LogP contribution in [0, 0.1) is 0 Å². The van der Waals surface area contributed by atoms with E-state index in [-0.39, 0.29) is 5.75 Å². The van der Waals surface area contributed by atoms with Crippen molar-refractivity contribution in [2.75, 3.05) is 5.75 Å². The molecule has 0 fully saturated rings. The summed E-state index contributed by atoms with van der Waals surface area (Å²) < 4.78 is 22.1. The minimum atomic E-state index is -3.55. The maximum atomic E-state index is 11.1. The Labute approximate surface area is 94.8 Å². The van der Waals surface area contributed by atoms with E-state index in [9.17, 15) is 18.0 Å². The van der Waals surface area contributed by atoms with E-state index in [0.29, 0.717) is 25.7 Å². The van der Waals surface area contributed by atoms with Crippen LogP contribution in [0.4, 0.5) is 4.79 Å². The molecular formula is C9H16N2O4S. The molecule has 16 heavy (non-hydrogen) atoms. The van der Waals surface area contributed by atoms with Crippen LogP contribution in [-0.2, 0) is 14.6 Å². The molecule has 7 heteroatoms. The van der Waals surface area contributed by atoms with Gasteiger partial charge >= 0.3 is 6.03 Å². The summed E-state index contributed by atoms with van der Waals surface area (Å²) in [5.74, 6) is -0.116. The van der Waals surface area contributed by atoms with Crippen LogP contribution in [0.25, 0.3) is 0 Å². The summed E-state index contributed by atoms with van der Waals surface area (Å²) in [6.45, 7) is 1.05. The largest absolute Gasteiger partial charge is 0.350 e. The Balaban J connectivity index is 3.63. The van der Waals surface area contributed by atoms with Gasteiger partial charge in [0, 0.05) is 13.1 Å². The minimum absolute atomic E-state index is 0.116. The highest BCUT2D eigenvalue weighted by atomic mass is 32.2. The molecule has 0 bridgehead atoms. The lowest BCUT2D eigenvalue weighted by Crippen LogP contribution is -2.14. The van der Waals surface area contributed by atoms with Crippen LogP contribution in [0.15, 0.2) is 4.99 Å². The fraction of sp³-hybridized carbons (Fsp3) is 0.667. The molecule has 92 valence electrons. The lowest BCUT2D eigenvalue weighted by Gasteiger charge is -1.99. The Morgan fingerprint density at radius 2 is 1.88 bits per heavy atom. The molecule has 0 saturated heterocycles. The summed E-state index contributed by atoms with van der Waals surface area (Å²) in [5.41, 5.74) is 4.77. The highest BCUT2D eigenvalue weighted by Gasteiger charge is 2.15. The molecular weight excluding hydrogens is 232 g/mol. The van der Waals surface area contributed by atoms with E-state index < -0.39 is 21.0 Å². The zero-order valence-corrected chi connectivity index (χ0v) is 10.00. The number of primary amides is 1. The van der Waals surface area contributed by atoms with Crippen LogP contribution >= 0.6 is 0 Å². The van der Waals surface area contributed by atoms with Crippen LogP contribution in [0.1, 0.15) is 32.6 Å². The Morgan fingerprint density at radius 3 is 2.38 bits per heavy atom. The number of hydrogen-bond acceptors (Lipinski definition) is 4. The second kappa shape index (κ2) is 7.10. The molecule has 6 nitrogen and oxygen atoms in total. The van der Waals surface area contributed by atoms with E-state index in [2.05, 4.69) is 4.99 Å². The van der Waals surface area contributed by atoms with Gasteiger partial charge in [0.2, 0.25) is 15.0 Å². The molecule has 0 spiro atoms. The van der Waals surface area contributed by atoms with Crippen LogP contribution in [0.3, 0.4) is 0 Å². The van der Waals surface area contributed by atoms with Gasteiger partial charge in [0.25, 0.3) is 0 Å². The molecule has 0 aliphatic rings. The van der Waals surface area contributed by atoms with E-state index in [0.717, 1.165) is 6.92 Å². The van der Waals surface area contributed by atoms with Gasteiger partial charge in [-0.25, -0.2) is 18.2 Å². The van der Waals surface area contributed by atoms with E-state index in [4.69, 9.17) is 5.73 Å². The molecule has 0 unspecified atom stereocenters. The number of carbonyl (C=O) groups is 2. The number of unbranched alkanes of at least 4 members (excludes halogenated alkanes) is 3. The number of rotatable bonds is 6. The highest BCUT2D eigenvalue weighted by molar-refractivity contribution is 8.06. The molecule has 0 saturated carbocycles. The topological polar surface area (TPSA) is 107 Å². The molecule has 2 amide bonds. The summed E-state index contributed by atoms with van der Waals surface area (Å²) in [6.07, 6.45) is 3.79. The Hall–Kier alpha value is -1.24. The van der Waals surface area contributed by atoms with Crippen LogP contribution in [0.2, 0.25) is 0 Å². The first-order valence-electron chi connectivity index (χ1n) is 4.91. The predicted octanol–water partition coefficient (Wildman–Crippen LogP) is 0.658. The van der Waals surface area contributed by atoms with Gasteiger partial charge in [-0.2, -0.15) is 0 Å². The zero-order chi connectivity index (χ0) is 12.6. The number of sulfone groups is 1. The highest BCUT2D eigenvalue weighted by Crippen LogP contribution is 2.03. The van der Waals surface area contributed by atoms with Crippen molar-refractivity contribution in [2.24, 2.45) is 10.7 Å². The van der Waals surface area contributed by atoms with Crippen molar-refractivity contribution < 1.29 is 18.0 Å². The number of aliphatic imine (C=N–C) groups is 1. The van der Waals surface area contributed by atoms with Gasteiger partial charge < -0.3 is 5.73 Å². The van der Waals surface area contributed by atoms with E-state index in [1.54, 1.807) is 0 Å². The molecule has 2 N–H and O–H groups in total. The standard InChI is InChI=1S/C9H16N2O4S/c1-8(12)16(14,15)7-5-3-2-4-6-11-9(10)13/h6H,2-5,7H2,1H3,(H2,10,13). The van der Waals surface area contributed by atoms with Crippen molar-refractivity contribution >= 4 is 27.2 Å². The van der Waals surface area contributed by atoms with Gasteiger partial charge in [-0.05, 0) is 19.3 Å². The third-order valence-corrected chi connectivity index (χ3v) is 3.60. The number of amides is 2. The van der Waals surface area contributed by atoms with Crippen molar-refractivity contribution in [2.45, 2.75) is 32.6 Å². The Kier molecular flexibility index (Phi) is 6.55. The third-order valence-electron chi connectivity index (χ3n) is 1.90. The quantitative estimate of drug-likeness (QED) is 0.550. The number of carbonyl (C=O) groups excluding carboxylic acids is 2. The number of nitrogens with zero attached hydrogens (tertiary/aromatic N) is 1. The average Bonchev–Trinajstić information content (AvgIpc) is 2.15. The lowest BCUT2D eigenvalue weighted by atomic mass is 10.2. The van der Waals surface area contributed by atoms with E-state index in [1.807, 2.05) is 0 Å². The van der Waals surface area contributed by atoms with Gasteiger partial charge in [-0.3, -0.25) is 4.79 Å². The second-order valence-corrected chi connectivity index (χ2v) is 5.52. The van der Waals surface area contributed by atoms with Gasteiger partial charge in [-0.15, -0.1) is 0 Å². The summed E-state index contributed by atoms with van der Waals surface area (Å²) in [4.78, 5) is 24.2. The van der Waals surface area contributed by atoms with Crippen LogP contribution < -0.4 is 5.73 Å². The summed E-state index contributed by atoms with van der Waals surface area (Å²) in [7, 11) is -3.55. The van der Waals surface area contributed by atoms with Gasteiger partial charge in [0.1, 0.15) is 0 Å². The third kappa shape index (κ3) is 7.10. The molecule has 0 rings (SSSR count). The first kappa shape index (κ1) is 14.8. The fourth-order valence-corrected chi connectivity index (χ4v) is 1.87. The van der Waals surface area contributed by atoms with E-state index >= 15 is 0 Å². The molecule has 0 aromatic heterocycles. The second-order valence-electron chi connectivity index (χ2n) is 3.31. The molecule has 0 atom stereocenters. The van der Waals surface area contributed by atoms with Crippen molar-refractivity contribution in [3.05, 3.63) is 0 Å². The molecule has 0 heterocycles. The first-order chi connectivity index (χ1) is 7.36. The normalized spacial score (nSPS) is 11.8. The molecule has 0 aromatic carbocycles. The minimum Gasteiger partial charge on any atom is -0.350 e. The van der Waals surface area contributed by atoms with Gasteiger partial charge in [0.05, 0.1) is 5.75 Å². The molecule has 0 aromatic rings. The summed E-state index contributed by atoms with van der Waals surface area (Å²) in [5, 5.41) is -0.789. The number of hydrogen-bond donors (Lipinski definition) is 1. The van der Waals surface area contributed by atoms with Crippen molar-refractivity contribution in [1.29, 1.82) is 0 Å². The summed E-state index contributed by atoms with van der Waals surface area (Å²) >= 11 is 0. The number of urea groups is 1. The maximum Gasteiger partial charge on any atom is 0.337 e. The average molecular weight is 248 g/mol. The van der Waals surface area contributed by atoms with Crippen molar-refractivity contribution in [3.8, 4) is 0 Å². The first-order valence-corrected chi connectivity index (χ1v) is 6.57. The van der Waals surface area contributed by atoms with Crippen molar-refractivity contribution in [3.63, 3.8) is 0 Å². The lowest BCUT2D eigenvalue weighted by molar-refractivity contribution is -0.109. The maximum absolute atomic E-state index is 11.1. The zero-order valence-electron chi connectivity index (χ0n) is 9.18. The Bertz CT molecular complexity index is 373. The smallest absolute Gasteiger partial charge is 0.337 e. The Morgan fingerprint density at radius 1 is 1.25 bits per heavy atom. The predicted molar refractivity (Wildman–Crippen MR) is 61.0 cm³/mol. The molecule has 0 aliphatic heterocycles. The SMILES string of the molecule is CC(=O)S(=O)(=O)CCCCCC=NC(N)=O. The van der Waals surface area contributed by atoms with Crippen LogP contribution in [-0.4, -0.2) is 31.5 Å². The summed E-state index contributed by atoms with van der Waals surface area (Å²) in [6, 6.07) is -0.737. The van der Waals surface area contributed by atoms with Gasteiger partial charge in [-0.1, -0.05) is 6.42 Å².